The highest BCUT2D eigenvalue weighted by molar-refractivity contribution is 6.35. The molecule has 2 rings (SSSR count). The number of benzene rings is 2. The van der Waals surface area contributed by atoms with Crippen LogP contribution in [0, 0.1) is 12.7 Å². The van der Waals surface area contributed by atoms with Crippen molar-refractivity contribution in [3.05, 3.63) is 63.4 Å². The first kappa shape index (κ1) is 13.2. The lowest BCUT2D eigenvalue weighted by molar-refractivity contribution is 0.625. The minimum absolute atomic E-state index is 0.241. The Morgan fingerprint density at radius 2 is 1.89 bits per heavy atom. The first-order valence-electron chi connectivity index (χ1n) is 5.50. The maximum absolute atomic E-state index is 13.1. The second-order valence-corrected chi connectivity index (χ2v) is 4.89. The summed E-state index contributed by atoms with van der Waals surface area (Å²) < 4.78 is 13.1. The molecule has 2 aromatic carbocycles. The van der Waals surface area contributed by atoms with Crippen molar-refractivity contribution >= 4 is 28.9 Å². The Balaban J connectivity index is 2.16. The Morgan fingerprint density at radius 3 is 2.67 bits per heavy atom. The lowest BCUT2D eigenvalue weighted by Gasteiger charge is -2.11. The Kier molecular flexibility index (Phi) is 4.10. The molecule has 0 fully saturated rings. The van der Waals surface area contributed by atoms with Crippen molar-refractivity contribution in [1.82, 2.24) is 0 Å². The summed E-state index contributed by atoms with van der Waals surface area (Å²) in [5.74, 6) is -0.241. The molecule has 2 aromatic rings. The van der Waals surface area contributed by atoms with E-state index in [0.29, 0.717) is 16.6 Å². The van der Waals surface area contributed by atoms with Gasteiger partial charge in [-0.15, -0.1) is 0 Å². The Bertz CT molecular complexity index is 518. The van der Waals surface area contributed by atoms with Gasteiger partial charge in [0.2, 0.25) is 0 Å². The number of hydrogen-bond acceptors (Lipinski definition) is 1. The molecule has 1 nitrogen and oxygen atoms in total. The summed E-state index contributed by atoms with van der Waals surface area (Å²) in [7, 11) is 0. The van der Waals surface area contributed by atoms with Gasteiger partial charge < -0.3 is 5.32 Å². The van der Waals surface area contributed by atoms with Crippen LogP contribution in [0.4, 0.5) is 10.1 Å². The molecule has 4 heteroatoms. The fraction of sp³-hybridized carbons (Fsp3) is 0.143. The molecule has 0 amide bonds. The Morgan fingerprint density at radius 1 is 1.11 bits per heavy atom. The van der Waals surface area contributed by atoms with Gasteiger partial charge in [-0.25, -0.2) is 4.39 Å². The van der Waals surface area contributed by atoms with Crippen molar-refractivity contribution in [2.45, 2.75) is 13.5 Å². The third kappa shape index (κ3) is 3.15. The van der Waals surface area contributed by atoms with E-state index in [2.05, 4.69) is 5.32 Å². The molecule has 18 heavy (non-hydrogen) atoms. The Labute approximate surface area is 116 Å². The molecule has 0 spiro atoms. The van der Waals surface area contributed by atoms with Gasteiger partial charge in [-0.1, -0.05) is 29.3 Å². The summed E-state index contributed by atoms with van der Waals surface area (Å²) in [6, 6.07) is 9.92. The van der Waals surface area contributed by atoms with Crippen molar-refractivity contribution in [3.63, 3.8) is 0 Å². The zero-order valence-corrected chi connectivity index (χ0v) is 11.3. The number of nitrogens with one attached hydrogen (secondary N) is 1. The van der Waals surface area contributed by atoms with Gasteiger partial charge in [-0.05, 0) is 48.4 Å². The van der Waals surface area contributed by atoms with Gasteiger partial charge in [0, 0.05) is 11.6 Å². The molecule has 0 aliphatic heterocycles. The van der Waals surface area contributed by atoms with E-state index in [9.17, 15) is 4.39 Å². The van der Waals surface area contributed by atoms with Crippen LogP contribution in [0.5, 0.6) is 0 Å². The predicted molar refractivity (Wildman–Crippen MR) is 74.9 cm³/mol. The molecular formula is C14H12Cl2FN. The third-order valence-electron chi connectivity index (χ3n) is 2.71. The lowest BCUT2D eigenvalue weighted by atomic mass is 10.1. The van der Waals surface area contributed by atoms with Crippen LogP contribution in [0.2, 0.25) is 10.0 Å². The third-order valence-corrected chi connectivity index (χ3v) is 3.27. The summed E-state index contributed by atoms with van der Waals surface area (Å²) in [5, 5.41) is 4.36. The molecule has 0 unspecified atom stereocenters. The summed E-state index contributed by atoms with van der Waals surface area (Å²) in [4.78, 5) is 0. The number of halogens is 3. The molecule has 1 N–H and O–H groups in total. The average Bonchev–Trinajstić information content (AvgIpc) is 2.34. The molecule has 0 aromatic heterocycles. The van der Waals surface area contributed by atoms with E-state index in [-0.39, 0.29) is 5.82 Å². The van der Waals surface area contributed by atoms with Crippen LogP contribution < -0.4 is 5.32 Å². The van der Waals surface area contributed by atoms with E-state index in [1.54, 1.807) is 24.3 Å². The van der Waals surface area contributed by atoms with E-state index >= 15 is 0 Å². The predicted octanol–water partition coefficient (Wildman–Crippen LogP) is 5.05. The molecule has 0 atom stereocenters. The molecule has 0 saturated heterocycles. The second-order valence-electron chi connectivity index (χ2n) is 4.05. The maximum Gasteiger partial charge on any atom is 0.123 e. The first-order chi connectivity index (χ1) is 8.56. The molecule has 0 aliphatic rings. The van der Waals surface area contributed by atoms with Crippen LogP contribution >= 0.6 is 23.2 Å². The normalized spacial score (nSPS) is 10.4. The topological polar surface area (TPSA) is 12.0 Å². The van der Waals surface area contributed by atoms with Crippen LogP contribution in [-0.2, 0) is 6.54 Å². The summed E-state index contributed by atoms with van der Waals surface area (Å²) >= 11 is 11.9. The first-order valence-corrected chi connectivity index (χ1v) is 6.26. The minimum Gasteiger partial charge on any atom is -0.380 e. The van der Waals surface area contributed by atoms with Crippen LogP contribution in [0.15, 0.2) is 36.4 Å². The number of aryl methyl sites for hydroxylation is 1. The van der Waals surface area contributed by atoms with Crippen molar-refractivity contribution in [2.75, 3.05) is 5.32 Å². The Hall–Kier alpha value is -1.25. The number of hydrogen-bond donors (Lipinski definition) is 1. The standard InChI is InChI=1S/C14H12Cl2FN/c1-9-2-4-12(17)6-10(9)8-18-14-7-11(15)3-5-13(14)16/h2-7,18H,8H2,1H3. The molecular weight excluding hydrogens is 272 g/mol. The highest BCUT2D eigenvalue weighted by Crippen LogP contribution is 2.26. The SMILES string of the molecule is Cc1ccc(F)cc1CNc1cc(Cl)ccc1Cl. The van der Waals surface area contributed by atoms with E-state index < -0.39 is 0 Å². The van der Waals surface area contributed by atoms with Gasteiger partial charge in [0.05, 0.1) is 10.7 Å². The van der Waals surface area contributed by atoms with Crippen LogP contribution in [0.3, 0.4) is 0 Å². The molecule has 94 valence electrons. The molecule has 0 saturated carbocycles. The largest absolute Gasteiger partial charge is 0.380 e. The average molecular weight is 284 g/mol. The highest BCUT2D eigenvalue weighted by atomic mass is 35.5. The molecule has 0 radical (unpaired) electrons. The molecule has 0 bridgehead atoms. The van der Waals surface area contributed by atoms with Gasteiger partial charge in [0.15, 0.2) is 0 Å². The van der Waals surface area contributed by atoms with Gasteiger partial charge in [0.25, 0.3) is 0 Å². The van der Waals surface area contributed by atoms with Crippen molar-refractivity contribution < 1.29 is 4.39 Å². The van der Waals surface area contributed by atoms with E-state index in [0.717, 1.165) is 16.8 Å². The van der Waals surface area contributed by atoms with Crippen molar-refractivity contribution in [2.24, 2.45) is 0 Å². The number of rotatable bonds is 3. The fourth-order valence-electron chi connectivity index (χ4n) is 1.65. The molecule has 0 heterocycles. The summed E-state index contributed by atoms with van der Waals surface area (Å²) in [5.41, 5.74) is 2.67. The monoisotopic (exact) mass is 283 g/mol. The van der Waals surface area contributed by atoms with E-state index in [1.165, 1.54) is 12.1 Å². The lowest BCUT2D eigenvalue weighted by Crippen LogP contribution is -2.02. The van der Waals surface area contributed by atoms with Crippen molar-refractivity contribution in [3.8, 4) is 0 Å². The zero-order valence-electron chi connectivity index (χ0n) is 9.81. The van der Waals surface area contributed by atoms with Crippen molar-refractivity contribution in [1.29, 1.82) is 0 Å². The van der Waals surface area contributed by atoms with Gasteiger partial charge in [-0.3, -0.25) is 0 Å². The minimum atomic E-state index is -0.241. The van der Waals surface area contributed by atoms with Crippen LogP contribution in [0.25, 0.3) is 0 Å². The zero-order chi connectivity index (χ0) is 13.1. The second kappa shape index (κ2) is 5.59. The summed E-state index contributed by atoms with van der Waals surface area (Å²) in [6.07, 6.45) is 0. The van der Waals surface area contributed by atoms with Gasteiger partial charge in [0.1, 0.15) is 5.82 Å². The maximum atomic E-state index is 13.1. The smallest absolute Gasteiger partial charge is 0.123 e. The molecule has 0 aliphatic carbocycles. The highest BCUT2D eigenvalue weighted by Gasteiger charge is 2.04. The van der Waals surface area contributed by atoms with Crippen LogP contribution in [0.1, 0.15) is 11.1 Å². The van der Waals surface area contributed by atoms with E-state index in [4.69, 9.17) is 23.2 Å². The summed E-state index contributed by atoms with van der Waals surface area (Å²) in [6.45, 7) is 2.44. The van der Waals surface area contributed by atoms with Crippen LogP contribution in [-0.4, -0.2) is 0 Å². The van der Waals surface area contributed by atoms with Gasteiger partial charge in [-0.2, -0.15) is 0 Å². The van der Waals surface area contributed by atoms with E-state index in [1.807, 2.05) is 6.92 Å². The quantitative estimate of drug-likeness (QED) is 0.831. The fourth-order valence-corrected chi connectivity index (χ4v) is 2.01. The number of anilines is 1. The van der Waals surface area contributed by atoms with Gasteiger partial charge >= 0.3 is 0 Å².